The number of piperidine rings is 1. The average molecular weight is 403 g/mol. The number of carbonyl (C=O) groups excluding carboxylic acids is 1. The van der Waals surface area contributed by atoms with Gasteiger partial charge in [0, 0.05) is 22.7 Å². The fourth-order valence-corrected chi connectivity index (χ4v) is 4.04. The van der Waals surface area contributed by atoms with Crippen molar-refractivity contribution in [3.05, 3.63) is 81.1 Å². The van der Waals surface area contributed by atoms with Gasteiger partial charge in [-0.1, -0.05) is 11.6 Å². The van der Waals surface area contributed by atoms with Crippen molar-refractivity contribution < 1.29 is 14.1 Å². The lowest BCUT2D eigenvalue weighted by molar-refractivity contribution is -0.529. The molecule has 1 aliphatic heterocycles. The number of carbonyl (C=O) groups is 1. The predicted octanol–water partition coefficient (Wildman–Crippen LogP) is 3.40. The monoisotopic (exact) mass is 402 g/mol. The van der Waals surface area contributed by atoms with Gasteiger partial charge in [-0.25, -0.2) is 9.37 Å². The normalized spacial score (nSPS) is 19.7. The molecule has 2 aromatic heterocycles. The van der Waals surface area contributed by atoms with Gasteiger partial charge in [-0.05, 0) is 42.3 Å². The Morgan fingerprint density at radius 3 is 2.93 bits per heavy atom. The van der Waals surface area contributed by atoms with E-state index < -0.39 is 22.7 Å². The van der Waals surface area contributed by atoms with Crippen molar-refractivity contribution in [2.45, 2.75) is 18.4 Å². The van der Waals surface area contributed by atoms with Crippen LogP contribution in [0.3, 0.4) is 0 Å². The van der Waals surface area contributed by atoms with Crippen LogP contribution >= 0.6 is 11.6 Å². The van der Waals surface area contributed by atoms with E-state index in [9.17, 15) is 19.3 Å². The minimum absolute atomic E-state index is 0.0557. The first kappa shape index (κ1) is 18.4. The quantitative estimate of drug-likeness (QED) is 0.496. The molecule has 144 valence electrons. The van der Waals surface area contributed by atoms with Crippen LogP contribution in [0.1, 0.15) is 28.3 Å². The highest BCUT2D eigenvalue weighted by molar-refractivity contribution is 6.30. The molecule has 0 saturated carbocycles. The zero-order chi connectivity index (χ0) is 19.8. The topological polar surface area (TPSA) is 80.8 Å². The van der Waals surface area contributed by atoms with Crippen LogP contribution in [0.25, 0.3) is 5.52 Å². The van der Waals surface area contributed by atoms with Gasteiger partial charge in [0.1, 0.15) is 5.82 Å². The summed E-state index contributed by atoms with van der Waals surface area (Å²) in [4.78, 5) is 29.8. The van der Waals surface area contributed by atoms with E-state index in [1.54, 1.807) is 41.3 Å². The van der Waals surface area contributed by atoms with Crippen molar-refractivity contribution >= 4 is 23.0 Å². The molecule has 0 unspecified atom stereocenters. The largest absolute Gasteiger partial charge is 0.332 e. The Balaban J connectivity index is 1.62. The van der Waals surface area contributed by atoms with Crippen LogP contribution in [-0.4, -0.2) is 44.2 Å². The first-order chi connectivity index (χ1) is 13.4. The van der Waals surface area contributed by atoms with E-state index in [0.717, 1.165) is 6.07 Å². The van der Waals surface area contributed by atoms with E-state index in [1.807, 2.05) is 0 Å². The minimum atomic E-state index is -1.04. The van der Waals surface area contributed by atoms with Crippen molar-refractivity contribution in [2.24, 2.45) is 0 Å². The second-order valence-corrected chi connectivity index (χ2v) is 7.25. The second kappa shape index (κ2) is 7.20. The Bertz CT molecular complexity index is 1050. The zero-order valence-electron chi connectivity index (χ0n) is 14.7. The van der Waals surface area contributed by atoms with Crippen molar-refractivity contribution in [3.8, 4) is 0 Å². The first-order valence-corrected chi connectivity index (χ1v) is 9.11. The van der Waals surface area contributed by atoms with Crippen LogP contribution in [0.2, 0.25) is 5.02 Å². The number of nitrogens with zero attached hydrogens (tertiary/aromatic N) is 4. The van der Waals surface area contributed by atoms with Crippen molar-refractivity contribution in [2.75, 3.05) is 13.1 Å². The van der Waals surface area contributed by atoms with E-state index in [0.29, 0.717) is 29.6 Å². The van der Waals surface area contributed by atoms with Crippen molar-refractivity contribution in [1.82, 2.24) is 14.3 Å². The van der Waals surface area contributed by atoms with E-state index in [-0.39, 0.29) is 17.5 Å². The molecular weight excluding hydrogens is 387 g/mol. The number of pyridine rings is 1. The van der Waals surface area contributed by atoms with Gasteiger partial charge in [-0.3, -0.25) is 14.9 Å². The fraction of sp³-hybridized carbons (Fsp3) is 0.263. The lowest BCUT2D eigenvalue weighted by atomic mass is 9.85. The molecule has 2 atom stereocenters. The van der Waals surface area contributed by atoms with Gasteiger partial charge >= 0.3 is 0 Å². The van der Waals surface area contributed by atoms with Crippen molar-refractivity contribution in [1.29, 1.82) is 0 Å². The average Bonchev–Trinajstić information content (AvgIpc) is 3.15. The number of amides is 1. The molecule has 1 amide bonds. The number of benzene rings is 1. The maximum absolute atomic E-state index is 13.7. The van der Waals surface area contributed by atoms with Gasteiger partial charge in [-0.15, -0.1) is 0 Å². The highest BCUT2D eigenvalue weighted by atomic mass is 35.5. The Labute approximate surface area is 164 Å². The maximum Gasteiger partial charge on any atom is 0.256 e. The number of halogens is 2. The zero-order valence-corrected chi connectivity index (χ0v) is 15.4. The van der Waals surface area contributed by atoms with Crippen LogP contribution in [0, 0.1) is 15.9 Å². The van der Waals surface area contributed by atoms with Gasteiger partial charge in [-0.2, -0.15) is 0 Å². The summed E-state index contributed by atoms with van der Waals surface area (Å²) in [6.45, 7) is 0.275. The van der Waals surface area contributed by atoms with Crippen LogP contribution in [0.5, 0.6) is 0 Å². The van der Waals surface area contributed by atoms with Crippen LogP contribution < -0.4 is 0 Å². The summed E-state index contributed by atoms with van der Waals surface area (Å²) in [5.74, 6) is -1.33. The standard InChI is InChI=1S/C19H16ClFN4O3/c20-13-6-12(7-14(21)8-13)15-3-5-23(10-18(15)25(27)28)19(26)16-2-1-4-24-11-22-9-17(16)24/h1-2,4,6-9,11,15,18H,3,5,10H2/t15-,18+/m0/s1. The second-order valence-electron chi connectivity index (χ2n) is 6.81. The summed E-state index contributed by atoms with van der Waals surface area (Å²) in [6.07, 6.45) is 5.30. The molecule has 7 nitrogen and oxygen atoms in total. The number of nitro groups is 1. The third-order valence-electron chi connectivity index (χ3n) is 5.13. The van der Waals surface area contributed by atoms with E-state index in [4.69, 9.17) is 11.6 Å². The number of fused-ring (bicyclic) bond motifs is 1. The number of imidazole rings is 1. The summed E-state index contributed by atoms with van der Waals surface area (Å²) >= 11 is 5.92. The number of rotatable bonds is 3. The lowest BCUT2D eigenvalue weighted by Crippen LogP contribution is -2.49. The van der Waals surface area contributed by atoms with E-state index in [1.165, 1.54) is 11.0 Å². The molecular formula is C19H16ClFN4O3. The molecule has 0 radical (unpaired) electrons. The first-order valence-electron chi connectivity index (χ1n) is 8.73. The van der Waals surface area contributed by atoms with Gasteiger partial charge in [0.25, 0.3) is 5.91 Å². The molecule has 3 heterocycles. The highest BCUT2D eigenvalue weighted by Crippen LogP contribution is 2.33. The number of hydrogen-bond acceptors (Lipinski definition) is 4. The summed E-state index contributed by atoms with van der Waals surface area (Å²) in [5.41, 5.74) is 1.57. The van der Waals surface area contributed by atoms with Gasteiger partial charge in [0.2, 0.25) is 6.04 Å². The summed E-state index contributed by atoms with van der Waals surface area (Å²) in [6, 6.07) is 6.36. The molecule has 0 aliphatic carbocycles. The molecule has 1 fully saturated rings. The van der Waals surface area contributed by atoms with Gasteiger partial charge in [0.15, 0.2) is 0 Å². The van der Waals surface area contributed by atoms with Crippen molar-refractivity contribution in [3.63, 3.8) is 0 Å². The maximum atomic E-state index is 13.7. The van der Waals surface area contributed by atoms with E-state index in [2.05, 4.69) is 4.98 Å². The molecule has 28 heavy (non-hydrogen) atoms. The Hall–Kier alpha value is -3.00. The minimum Gasteiger partial charge on any atom is -0.332 e. The summed E-state index contributed by atoms with van der Waals surface area (Å²) in [7, 11) is 0. The molecule has 0 N–H and O–H groups in total. The molecule has 3 aromatic rings. The SMILES string of the molecule is O=C(c1cccn2cncc12)N1CC[C@@H](c2cc(F)cc(Cl)c2)[C@H]([N+](=O)[O-])C1. The molecule has 1 aromatic carbocycles. The van der Waals surface area contributed by atoms with Crippen LogP contribution in [-0.2, 0) is 0 Å². The number of aromatic nitrogens is 2. The Morgan fingerprint density at radius 1 is 1.36 bits per heavy atom. The Morgan fingerprint density at radius 2 is 2.18 bits per heavy atom. The molecule has 4 rings (SSSR count). The Kier molecular flexibility index (Phi) is 4.72. The van der Waals surface area contributed by atoms with Gasteiger partial charge < -0.3 is 9.30 Å². The fourth-order valence-electron chi connectivity index (χ4n) is 3.81. The third kappa shape index (κ3) is 3.31. The molecule has 9 heteroatoms. The third-order valence-corrected chi connectivity index (χ3v) is 5.35. The van der Waals surface area contributed by atoms with Crippen LogP contribution in [0.15, 0.2) is 49.1 Å². The highest BCUT2D eigenvalue weighted by Gasteiger charge is 2.40. The summed E-state index contributed by atoms with van der Waals surface area (Å²) in [5, 5.41) is 11.9. The van der Waals surface area contributed by atoms with Gasteiger partial charge in [0.05, 0.1) is 36.1 Å². The van der Waals surface area contributed by atoms with E-state index >= 15 is 0 Å². The number of hydrogen-bond donors (Lipinski definition) is 0. The smallest absolute Gasteiger partial charge is 0.256 e. The lowest BCUT2D eigenvalue weighted by Gasteiger charge is -2.34. The molecule has 1 saturated heterocycles. The predicted molar refractivity (Wildman–Crippen MR) is 101 cm³/mol. The number of likely N-dealkylation sites (tertiary alicyclic amines) is 1. The molecule has 1 aliphatic rings. The van der Waals surface area contributed by atoms with Crippen LogP contribution in [0.4, 0.5) is 4.39 Å². The molecule has 0 spiro atoms. The summed E-state index contributed by atoms with van der Waals surface area (Å²) < 4.78 is 15.5. The molecule has 0 bridgehead atoms.